The number of nitrogens with zero attached hydrogens (tertiary/aromatic N) is 4. The largest absolute Gasteiger partial charge is 0.477 e. The number of thiazole rings is 1. The van der Waals surface area contributed by atoms with Crippen molar-refractivity contribution in [3.63, 3.8) is 0 Å². The topological polar surface area (TPSA) is 182 Å². The zero-order valence-electron chi connectivity index (χ0n) is 15.7. The van der Waals surface area contributed by atoms with Gasteiger partial charge in [-0.25, -0.2) is 9.78 Å². The number of carbonyl (C=O) groups is 4. The number of rotatable bonds is 7. The Morgan fingerprint density at radius 1 is 1.42 bits per heavy atom. The summed E-state index contributed by atoms with van der Waals surface area (Å²) in [5.74, 6) is -2.83. The van der Waals surface area contributed by atoms with Crippen LogP contribution in [0.15, 0.2) is 26.3 Å². The summed E-state index contributed by atoms with van der Waals surface area (Å²) in [6, 6.07) is -1.01. The van der Waals surface area contributed by atoms with Gasteiger partial charge in [-0.1, -0.05) is 11.8 Å². The van der Waals surface area contributed by atoms with Crippen molar-refractivity contribution in [1.82, 2.24) is 25.4 Å². The maximum absolute atomic E-state index is 12.6. The number of anilines is 1. The molecule has 0 saturated carbocycles. The summed E-state index contributed by atoms with van der Waals surface area (Å²) in [7, 11) is 0. The van der Waals surface area contributed by atoms with Gasteiger partial charge < -0.3 is 20.6 Å². The molecule has 12 nitrogen and oxygen atoms in total. The summed E-state index contributed by atoms with van der Waals surface area (Å²) in [6.45, 7) is 1.64. The van der Waals surface area contributed by atoms with Crippen LogP contribution in [-0.2, 0) is 14.4 Å². The number of Topliss-reactive ketones (excluding diaryl/α,β-unsaturated/α-hetero) is 1. The number of fused-ring (bicyclic) bond motifs is 1. The standard InChI is InChI=1S/C16H14N6O6S3/c1-5-20-21-16(28-5)31-3-6-2-29-13-8(12(25)22(13)9(6)14(26)27)19-11(24)10(23)7-4-30-15(17)18-7/h4,8,13H,2-3H2,1H3,(H2,17,18)(H,19,24)(H,26,27)/t8?,13-/m0/s1. The minimum atomic E-state index is -1.25. The first-order valence-corrected chi connectivity index (χ1v) is 11.6. The van der Waals surface area contributed by atoms with Gasteiger partial charge in [0.25, 0.3) is 22.8 Å². The minimum Gasteiger partial charge on any atom is -0.477 e. The molecule has 2 aromatic heterocycles. The van der Waals surface area contributed by atoms with Crippen molar-refractivity contribution in [1.29, 1.82) is 0 Å². The van der Waals surface area contributed by atoms with E-state index < -0.39 is 35.0 Å². The number of nitrogens with one attached hydrogen (secondary N) is 1. The van der Waals surface area contributed by atoms with Gasteiger partial charge in [0, 0.05) is 23.8 Å². The van der Waals surface area contributed by atoms with Crippen LogP contribution in [0, 0.1) is 6.92 Å². The van der Waals surface area contributed by atoms with Gasteiger partial charge in [-0.15, -0.1) is 33.3 Å². The molecule has 0 spiro atoms. The Kier molecular flexibility index (Phi) is 5.72. The molecule has 1 saturated heterocycles. The molecule has 162 valence electrons. The SMILES string of the molecule is Cc1nnc(SCC2=C(C(=O)O)N3C(=O)C(NC(=O)C(=O)c4csc(N)n4)[C@@H]3SC2)o1. The van der Waals surface area contributed by atoms with Gasteiger partial charge in [0.05, 0.1) is 0 Å². The number of aromatic nitrogens is 3. The highest BCUT2D eigenvalue weighted by atomic mass is 32.2. The lowest BCUT2D eigenvalue weighted by atomic mass is 10.0. The molecule has 0 radical (unpaired) electrons. The van der Waals surface area contributed by atoms with Crippen molar-refractivity contribution >= 4 is 63.6 Å². The second-order valence-corrected chi connectivity index (χ2v) is 9.32. The van der Waals surface area contributed by atoms with E-state index in [2.05, 4.69) is 20.5 Å². The summed E-state index contributed by atoms with van der Waals surface area (Å²) in [6.07, 6.45) is 0. The molecule has 1 unspecified atom stereocenters. The third-order valence-electron chi connectivity index (χ3n) is 4.37. The van der Waals surface area contributed by atoms with Crippen LogP contribution in [0.25, 0.3) is 0 Å². The molecule has 2 aliphatic heterocycles. The lowest BCUT2D eigenvalue weighted by Crippen LogP contribution is -2.71. The minimum absolute atomic E-state index is 0.110. The van der Waals surface area contributed by atoms with Crippen LogP contribution in [0.3, 0.4) is 0 Å². The molecule has 15 heteroatoms. The third kappa shape index (κ3) is 4.03. The van der Waals surface area contributed by atoms with Gasteiger partial charge in [0.1, 0.15) is 22.8 Å². The second-order valence-electron chi connectivity index (χ2n) is 6.39. The molecule has 0 bridgehead atoms. The summed E-state index contributed by atoms with van der Waals surface area (Å²) < 4.78 is 5.27. The fraction of sp³-hybridized carbons (Fsp3) is 0.312. The van der Waals surface area contributed by atoms with Crippen molar-refractivity contribution in [2.45, 2.75) is 23.6 Å². The van der Waals surface area contributed by atoms with E-state index in [1.165, 1.54) is 28.9 Å². The second kappa shape index (κ2) is 8.32. The average Bonchev–Trinajstić information content (AvgIpc) is 3.36. The number of hydrogen-bond acceptors (Lipinski definition) is 12. The Hall–Kier alpha value is -2.91. The van der Waals surface area contributed by atoms with Crippen LogP contribution in [0.1, 0.15) is 16.4 Å². The van der Waals surface area contributed by atoms with E-state index in [1.807, 2.05) is 0 Å². The van der Waals surface area contributed by atoms with Crippen molar-refractivity contribution < 1.29 is 28.7 Å². The molecule has 2 aliphatic rings. The molecule has 2 aromatic rings. The molecule has 0 aromatic carbocycles. The number of aryl methyl sites for hydroxylation is 1. The average molecular weight is 483 g/mol. The first kappa shape index (κ1) is 21.3. The van der Waals surface area contributed by atoms with Crippen LogP contribution >= 0.6 is 34.9 Å². The van der Waals surface area contributed by atoms with Crippen molar-refractivity contribution in [2.75, 3.05) is 17.2 Å². The molecule has 1 fully saturated rings. The van der Waals surface area contributed by atoms with Crippen LogP contribution in [0.5, 0.6) is 0 Å². The maximum atomic E-state index is 12.6. The zero-order chi connectivity index (χ0) is 22.3. The van der Waals surface area contributed by atoms with Gasteiger partial charge in [-0.2, -0.15) is 0 Å². The number of carbonyl (C=O) groups excluding carboxylic acids is 3. The van der Waals surface area contributed by atoms with Gasteiger partial charge >= 0.3 is 5.97 Å². The quantitative estimate of drug-likeness (QED) is 0.210. The van der Waals surface area contributed by atoms with Crippen LogP contribution in [-0.4, -0.2) is 71.7 Å². The van der Waals surface area contributed by atoms with Gasteiger partial charge in [0.2, 0.25) is 5.89 Å². The number of thioether (sulfide) groups is 2. The van der Waals surface area contributed by atoms with Crippen LogP contribution in [0.4, 0.5) is 5.13 Å². The predicted octanol–water partition coefficient (Wildman–Crippen LogP) is 0.130. The highest BCUT2D eigenvalue weighted by Gasteiger charge is 2.54. The molecule has 4 rings (SSSR count). The number of ketones is 1. The molecule has 2 amide bonds. The van der Waals surface area contributed by atoms with Gasteiger partial charge in [-0.3, -0.25) is 19.3 Å². The Labute approximate surface area is 186 Å². The highest BCUT2D eigenvalue weighted by molar-refractivity contribution is 8.01. The van der Waals surface area contributed by atoms with E-state index in [1.54, 1.807) is 6.92 Å². The number of amides is 2. The van der Waals surface area contributed by atoms with E-state index in [-0.39, 0.29) is 22.3 Å². The van der Waals surface area contributed by atoms with Gasteiger partial charge in [-0.05, 0) is 5.57 Å². The van der Waals surface area contributed by atoms with E-state index in [4.69, 9.17) is 10.2 Å². The van der Waals surface area contributed by atoms with Crippen molar-refractivity contribution in [3.05, 3.63) is 28.2 Å². The number of hydrogen-bond donors (Lipinski definition) is 3. The van der Waals surface area contributed by atoms with Gasteiger partial charge in [0.15, 0.2) is 5.13 Å². The van der Waals surface area contributed by atoms with Crippen LogP contribution in [0.2, 0.25) is 0 Å². The number of β-lactam (4-membered cyclic amide) rings is 1. The molecule has 31 heavy (non-hydrogen) atoms. The van der Waals surface area contributed by atoms with Crippen LogP contribution < -0.4 is 11.1 Å². The molecule has 4 N–H and O–H groups in total. The fourth-order valence-corrected chi connectivity index (χ4v) is 5.83. The molecular formula is C16H14N6O6S3. The first-order chi connectivity index (χ1) is 14.8. The summed E-state index contributed by atoms with van der Waals surface area (Å²) in [4.78, 5) is 53.8. The molecular weight excluding hydrogens is 468 g/mol. The Morgan fingerprint density at radius 3 is 2.81 bits per heavy atom. The lowest BCUT2D eigenvalue weighted by molar-refractivity contribution is -0.150. The van der Waals surface area contributed by atoms with E-state index in [9.17, 15) is 24.3 Å². The summed E-state index contributed by atoms with van der Waals surface area (Å²) in [5, 5.41) is 20.8. The first-order valence-electron chi connectivity index (χ1n) is 8.65. The van der Waals surface area contributed by atoms with Crippen molar-refractivity contribution in [2.24, 2.45) is 0 Å². The number of nitrogens with two attached hydrogens (primary N) is 1. The molecule has 4 heterocycles. The monoisotopic (exact) mass is 482 g/mol. The van der Waals surface area contributed by atoms with E-state index >= 15 is 0 Å². The highest BCUT2D eigenvalue weighted by Crippen LogP contribution is 2.41. The Bertz CT molecular complexity index is 1130. The molecule has 0 aliphatic carbocycles. The fourth-order valence-electron chi connectivity index (χ4n) is 2.99. The van der Waals surface area contributed by atoms with Crippen molar-refractivity contribution in [3.8, 4) is 0 Å². The lowest BCUT2D eigenvalue weighted by Gasteiger charge is -2.49. The number of nitrogen functional groups attached to an aromatic ring is 1. The molecule has 2 atom stereocenters. The third-order valence-corrected chi connectivity index (χ3v) is 7.29. The smallest absolute Gasteiger partial charge is 0.352 e. The summed E-state index contributed by atoms with van der Waals surface area (Å²) in [5.41, 5.74) is 5.74. The normalized spacial score (nSPS) is 20.3. The zero-order valence-corrected chi connectivity index (χ0v) is 18.2. The maximum Gasteiger partial charge on any atom is 0.352 e. The Balaban J connectivity index is 1.46. The van der Waals surface area contributed by atoms with E-state index in [0.717, 1.165) is 16.2 Å². The Morgan fingerprint density at radius 2 is 2.19 bits per heavy atom. The number of carboxylic acids is 1. The number of carboxylic acid groups (broad SMARTS) is 1. The predicted molar refractivity (Wildman–Crippen MR) is 110 cm³/mol. The van der Waals surface area contributed by atoms with E-state index in [0.29, 0.717) is 22.4 Å². The summed E-state index contributed by atoms with van der Waals surface area (Å²) >= 11 is 3.48. The number of aliphatic carboxylic acids is 1.